The highest BCUT2D eigenvalue weighted by Crippen LogP contribution is 2.19. The quantitative estimate of drug-likeness (QED) is 0.457. The van der Waals surface area contributed by atoms with Gasteiger partial charge in [-0.2, -0.15) is 5.10 Å². The van der Waals surface area contributed by atoms with Crippen LogP contribution < -0.4 is 5.43 Å². The van der Waals surface area contributed by atoms with Crippen LogP contribution in [-0.4, -0.2) is 17.9 Å². The molecule has 1 N–H and O–H groups in total. The Morgan fingerprint density at radius 3 is 2.72 bits per heavy atom. The molecule has 3 aromatic carbocycles. The average molecular weight is 413 g/mol. The van der Waals surface area contributed by atoms with Gasteiger partial charge < -0.3 is 0 Å². The minimum Gasteiger partial charge on any atom is -0.272 e. The van der Waals surface area contributed by atoms with E-state index in [1.54, 1.807) is 18.0 Å². The summed E-state index contributed by atoms with van der Waals surface area (Å²) in [6.45, 7) is 0. The molecule has 0 aromatic heterocycles. The van der Waals surface area contributed by atoms with Crippen molar-refractivity contribution in [2.75, 3.05) is 5.75 Å². The SMILES string of the molecule is O=C(CSCc1ccc2ccccc2c1)N/N=C\c1cccc(Br)c1. The van der Waals surface area contributed by atoms with Crippen LogP contribution in [0, 0.1) is 0 Å². The normalized spacial score (nSPS) is 11.1. The van der Waals surface area contributed by atoms with Crippen molar-refractivity contribution in [3.63, 3.8) is 0 Å². The van der Waals surface area contributed by atoms with Gasteiger partial charge in [-0.25, -0.2) is 5.43 Å². The number of hydrogen-bond acceptors (Lipinski definition) is 3. The molecule has 5 heteroatoms. The van der Waals surface area contributed by atoms with E-state index in [0.29, 0.717) is 5.75 Å². The number of thioether (sulfide) groups is 1. The van der Waals surface area contributed by atoms with E-state index < -0.39 is 0 Å². The first-order valence-corrected chi connectivity index (χ1v) is 9.78. The average Bonchev–Trinajstić information content (AvgIpc) is 2.62. The molecule has 0 heterocycles. The van der Waals surface area contributed by atoms with Crippen molar-refractivity contribution < 1.29 is 4.79 Å². The van der Waals surface area contributed by atoms with Crippen LogP contribution in [0.5, 0.6) is 0 Å². The second-order valence-electron chi connectivity index (χ2n) is 5.52. The molecule has 0 atom stereocenters. The molecule has 0 saturated heterocycles. The number of carbonyl (C=O) groups excluding carboxylic acids is 1. The van der Waals surface area contributed by atoms with Crippen LogP contribution >= 0.6 is 27.7 Å². The third-order valence-electron chi connectivity index (χ3n) is 3.57. The van der Waals surface area contributed by atoms with Gasteiger partial charge in [0.25, 0.3) is 0 Å². The molecule has 0 radical (unpaired) electrons. The highest BCUT2D eigenvalue weighted by molar-refractivity contribution is 9.10. The van der Waals surface area contributed by atoms with Gasteiger partial charge in [0.2, 0.25) is 5.91 Å². The lowest BCUT2D eigenvalue weighted by molar-refractivity contribution is -0.118. The molecule has 126 valence electrons. The van der Waals surface area contributed by atoms with Crippen molar-refractivity contribution >= 4 is 50.6 Å². The van der Waals surface area contributed by atoms with Crippen molar-refractivity contribution in [2.45, 2.75) is 5.75 Å². The van der Waals surface area contributed by atoms with Gasteiger partial charge in [0, 0.05) is 10.2 Å². The Hall–Kier alpha value is -2.11. The number of fused-ring (bicyclic) bond motifs is 1. The molecule has 0 fully saturated rings. The van der Waals surface area contributed by atoms with Crippen molar-refractivity contribution in [2.24, 2.45) is 5.10 Å². The molecule has 0 unspecified atom stereocenters. The fraction of sp³-hybridized carbons (Fsp3) is 0.100. The van der Waals surface area contributed by atoms with Crippen LogP contribution in [0.25, 0.3) is 10.8 Å². The van der Waals surface area contributed by atoms with E-state index in [9.17, 15) is 4.79 Å². The smallest absolute Gasteiger partial charge is 0.250 e. The molecule has 0 aliphatic carbocycles. The number of hydrazone groups is 1. The molecule has 3 nitrogen and oxygen atoms in total. The van der Waals surface area contributed by atoms with Crippen molar-refractivity contribution in [3.8, 4) is 0 Å². The van der Waals surface area contributed by atoms with Crippen LogP contribution in [0.15, 0.2) is 76.3 Å². The molecular formula is C20H17BrN2OS. The van der Waals surface area contributed by atoms with Crippen molar-refractivity contribution in [1.29, 1.82) is 0 Å². The first kappa shape index (κ1) is 17.7. The topological polar surface area (TPSA) is 41.5 Å². The van der Waals surface area contributed by atoms with Gasteiger partial charge in [0.1, 0.15) is 0 Å². The van der Waals surface area contributed by atoms with Gasteiger partial charge in [-0.15, -0.1) is 11.8 Å². The van der Waals surface area contributed by atoms with E-state index in [1.165, 1.54) is 16.3 Å². The van der Waals surface area contributed by atoms with Gasteiger partial charge >= 0.3 is 0 Å². The van der Waals surface area contributed by atoms with Crippen LogP contribution in [0.2, 0.25) is 0 Å². The Balaban J connectivity index is 1.45. The first-order valence-electron chi connectivity index (χ1n) is 7.83. The Morgan fingerprint density at radius 2 is 1.88 bits per heavy atom. The fourth-order valence-electron chi connectivity index (χ4n) is 2.39. The zero-order valence-corrected chi connectivity index (χ0v) is 15.9. The molecule has 0 bridgehead atoms. The zero-order chi connectivity index (χ0) is 17.5. The Labute approximate surface area is 159 Å². The lowest BCUT2D eigenvalue weighted by Gasteiger charge is -2.04. The zero-order valence-electron chi connectivity index (χ0n) is 13.5. The summed E-state index contributed by atoms with van der Waals surface area (Å²) in [7, 11) is 0. The van der Waals surface area contributed by atoms with Gasteiger partial charge in [0.05, 0.1) is 12.0 Å². The number of hydrogen-bond donors (Lipinski definition) is 1. The molecular weight excluding hydrogens is 396 g/mol. The lowest BCUT2D eigenvalue weighted by atomic mass is 10.1. The van der Waals surface area contributed by atoms with Gasteiger partial charge in [0.15, 0.2) is 0 Å². The second kappa shape index (κ2) is 8.83. The maximum atomic E-state index is 11.8. The number of halogens is 1. The van der Waals surface area contributed by atoms with Crippen LogP contribution in [0.4, 0.5) is 0 Å². The highest BCUT2D eigenvalue weighted by atomic mass is 79.9. The Morgan fingerprint density at radius 1 is 1.04 bits per heavy atom. The maximum Gasteiger partial charge on any atom is 0.250 e. The second-order valence-corrected chi connectivity index (χ2v) is 7.42. The minimum absolute atomic E-state index is 0.1000. The number of rotatable bonds is 6. The van der Waals surface area contributed by atoms with E-state index in [0.717, 1.165) is 15.8 Å². The number of nitrogens with one attached hydrogen (secondary N) is 1. The van der Waals surface area contributed by atoms with E-state index >= 15 is 0 Å². The van der Waals surface area contributed by atoms with Crippen LogP contribution in [0.3, 0.4) is 0 Å². The third-order valence-corrected chi connectivity index (χ3v) is 5.06. The summed E-state index contributed by atoms with van der Waals surface area (Å²) >= 11 is 4.98. The number of nitrogens with zero attached hydrogens (tertiary/aromatic N) is 1. The summed E-state index contributed by atoms with van der Waals surface area (Å²) < 4.78 is 0.980. The molecule has 3 aromatic rings. The summed E-state index contributed by atoms with van der Waals surface area (Å²) in [6.07, 6.45) is 1.64. The lowest BCUT2D eigenvalue weighted by Crippen LogP contribution is -2.19. The van der Waals surface area contributed by atoms with Crippen molar-refractivity contribution in [1.82, 2.24) is 5.43 Å². The molecule has 3 rings (SSSR count). The van der Waals surface area contributed by atoms with Crippen molar-refractivity contribution in [3.05, 3.63) is 82.3 Å². The maximum absolute atomic E-state index is 11.8. The van der Waals surface area contributed by atoms with Gasteiger partial charge in [-0.05, 0) is 34.0 Å². The summed E-state index contributed by atoms with van der Waals surface area (Å²) in [5.41, 5.74) is 4.71. The summed E-state index contributed by atoms with van der Waals surface area (Å²) in [6, 6.07) is 22.4. The molecule has 0 aliphatic rings. The number of carbonyl (C=O) groups is 1. The van der Waals surface area contributed by atoms with Crippen LogP contribution in [-0.2, 0) is 10.5 Å². The minimum atomic E-state index is -0.1000. The molecule has 0 saturated carbocycles. The fourth-order valence-corrected chi connectivity index (χ4v) is 3.57. The van der Waals surface area contributed by atoms with Gasteiger partial charge in [-0.1, -0.05) is 70.5 Å². The first-order chi connectivity index (χ1) is 12.2. The van der Waals surface area contributed by atoms with E-state index in [-0.39, 0.29) is 5.91 Å². The van der Waals surface area contributed by atoms with Gasteiger partial charge in [-0.3, -0.25) is 4.79 Å². The summed E-state index contributed by atoms with van der Waals surface area (Å²) in [5, 5.41) is 6.45. The predicted octanol–water partition coefficient (Wildman–Crippen LogP) is 4.99. The van der Waals surface area contributed by atoms with E-state index in [4.69, 9.17) is 0 Å². The predicted molar refractivity (Wildman–Crippen MR) is 110 cm³/mol. The summed E-state index contributed by atoms with van der Waals surface area (Å²) in [4.78, 5) is 11.8. The highest BCUT2D eigenvalue weighted by Gasteiger charge is 2.02. The molecule has 0 aliphatic heterocycles. The molecule has 25 heavy (non-hydrogen) atoms. The molecule has 1 amide bonds. The molecule has 0 spiro atoms. The monoisotopic (exact) mass is 412 g/mol. The Kier molecular flexibility index (Phi) is 6.25. The van der Waals surface area contributed by atoms with E-state index in [2.05, 4.69) is 56.8 Å². The third kappa shape index (κ3) is 5.44. The van der Waals surface area contributed by atoms with Crippen LogP contribution in [0.1, 0.15) is 11.1 Å². The standard InChI is InChI=1S/C20H17BrN2OS/c21-19-7-3-4-15(11-19)12-22-23-20(24)14-25-13-16-8-9-17-5-1-2-6-18(17)10-16/h1-12H,13-14H2,(H,23,24)/b22-12-. The number of amides is 1. The number of benzene rings is 3. The summed E-state index contributed by atoms with van der Waals surface area (Å²) in [5.74, 6) is 1.08. The van der Waals surface area contributed by atoms with E-state index in [1.807, 2.05) is 36.4 Å². The largest absolute Gasteiger partial charge is 0.272 e. The Bertz CT molecular complexity index is 911.